The van der Waals surface area contributed by atoms with Gasteiger partial charge in [0.25, 0.3) is 0 Å². The number of nitrogens with one attached hydrogen (secondary N) is 2. The molecular formula is C18H26ClN3O2. The van der Waals surface area contributed by atoms with E-state index >= 15 is 0 Å². The summed E-state index contributed by atoms with van der Waals surface area (Å²) >= 11 is 6.13. The Hall–Kier alpha value is -1.75. The Bertz CT molecular complexity index is 565. The lowest BCUT2D eigenvalue weighted by atomic mass is 10.1. The smallest absolute Gasteiger partial charge is 0.315 e. The third kappa shape index (κ3) is 5.71. The van der Waals surface area contributed by atoms with Crippen LogP contribution in [0.3, 0.4) is 0 Å². The van der Waals surface area contributed by atoms with E-state index in [0.29, 0.717) is 24.5 Å². The van der Waals surface area contributed by atoms with Gasteiger partial charge in [-0.25, -0.2) is 4.79 Å². The lowest BCUT2D eigenvalue weighted by Crippen LogP contribution is -2.39. The zero-order valence-corrected chi connectivity index (χ0v) is 14.9. The van der Waals surface area contributed by atoms with Gasteiger partial charge in [-0.15, -0.1) is 0 Å². The summed E-state index contributed by atoms with van der Waals surface area (Å²) in [7, 11) is 0. The van der Waals surface area contributed by atoms with Gasteiger partial charge in [0.05, 0.1) is 6.04 Å². The number of rotatable bonds is 6. The summed E-state index contributed by atoms with van der Waals surface area (Å²) in [6.45, 7) is 4.00. The maximum Gasteiger partial charge on any atom is 0.315 e. The van der Waals surface area contributed by atoms with Crippen molar-refractivity contribution in [3.8, 4) is 0 Å². The van der Waals surface area contributed by atoms with Gasteiger partial charge >= 0.3 is 6.03 Å². The molecule has 1 heterocycles. The number of hydrogen-bond acceptors (Lipinski definition) is 2. The van der Waals surface area contributed by atoms with Crippen molar-refractivity contribution in [2.45, 2.75) is 45.1 Å². The Morgan fingerprint density at radius 3 is 2.88 bits per heavy atom. The van der Waals surface area contributed by atoms with E-state index in [4.69, 9.17) is 11.6 Å². The molecular weight excluding hydrogens is 326 g/mol. The predicted molar refractivity (Wildman–Crippen MR) is 96.1 cm³/mol. The molecule has 1 unspecified atom stereocenters. The molecule has 132 valence electrons. The van der Waals surface area contributed by atoms with E-state index in [1.54, 1.807) is 0 Å². The second kappa shape index (κ2) is 9.52. The number of urea groups is 1. The molecule has 0 bridgehead atoms. The molecule has 0 radical (unpaired) electrons. The van der Waals surface area contributed by atoms with Gasteiger partial charge < -0.3 is 15.5 Å². The Kier molecular flexibility index (Phi) is 7.37. The largest absolute Gasteiger partial charge is 0.343 e. The number of halogens is 1. The molecule has 2 N–H and O–H groups in total. The second-order valence-corrected chi connectivity index (χ2v) is 6.60. The van der Waals surface area contributed by atoms with Crippen molar-refractivity contribution in [2.75, 3.05) is 19.6 Å². The zero-order valence-electron chi connectivity index (χ0n) is 14.2. The zero-order chi connectivity index (χ0) is 17.4. The van der Waals surface area contributed by atoms with E-state index in [0.717, 1.165) is 37.8 Å². The lowest BCUT2D eigenvalue weighted by molar-refractivity contribution is -0.130. The van der Waals surface area contributed by atoms with Crippen LogP contribution in [-0.4, -0.2) is 36.5 Å². The van der Waals surface area contributed by atoms with Gasteiger partial charge in [0.2, 0.25) is 5.91 Å². The van der Waals surface area contributed by atoms with E-state index < -0.39 is 0 Å². The summed E-state index contributed by atoms with van der Waals surface area (Å²) in [5.74, 6) is 0.240. The van der Waals surface area contributed by atoms with Crippen LogP contribution in [0.4, 0.5) is 4.79 Å². The van der Waals surface area contributed by atoms with Crippen LogP contribution >= 0.6 is 11.6 Å². The maximum absolute atomic E-state index is 12.0. The highest BCUT2D eigenvalue weighted by Crippen LogP contribution is 2.21. The minimum atomic E-state index is -0.218. The van der Waals surface area contributed by atoms with Crippen molar-refractivity contribution >= 4 is 23.5 Å². The van der Waals surface area contributed by atoms with Gasteiger partial charge in [0.1, 0.15) is 0 Å². The van der Waals surface area contributed by atoms with Crippen molar-refractivity contribution < 1.29 is 9.59 Å². The number of hydrogen-bond donors (Lipinski definition) is 2. The summed E-state index contributed by atoms with van der Waals surface area (Å²) in [6.07, 6.45) is 4.62. The summed E-state index contributed by atoms with van der Waals surface area (Å²) in [5, 5.41) is 6.36. The number of likely N-dealkylation sites (tertiary alicyclic amines) is 1. The molecule has 1 aromatic carbocycles. The van der Waals surface area contributed by atoms with Crippen LogP contribution in [0.15, 0.2) is 24.3 Å². The summed E-state index contributed by atoms with van der Waals surface area (Å²) in [4.78, 5) is 25.8. The van der Waals surface area contributed by atoms with E-state index in [-0.39, 0.29) is 18.0 Å². The third-order valence-electron chi connectivity index (χ3n) is 4.28. The van der Waals surface area contributed by atoms with Gasteiger partial charge in [0.15, 0.2) is 0 Å². The summed E-state index contributed by atoms with van der Waals surface area (Å²) < 4.78 is 0. The molecule has 6 heteroatoms. The van der Waals surface area contributed by atoms with Crippen LogP contribution in [0.5, 0.6) is 0 Å². The number of amides is 3. The highest BCUT2D eigenvalue weighted by atomic mass is 35.5. The van der Waals surface area contributed by atoms with Gasteiger partial charge in [-0.3, -0.25) is 4.79 Å². The average molecular weight is 352 g/mol. The Labute approximate surface area is 148 Å². The van der Waals surface area contributed by atoms with E-state index in [9.17, 15) is 9.59 Å². The highest BCUT2D eigenvalue weighted by Gasteiger charge is 2.16. The Balaban J connectivity index is 1.68. The van der Waals surface area contributed by atoms with Gasteiger partial charge in [-0.2, -0.15) is 0 Å². The van der Waals surface area contributed by atoms with Crippen molar-refractivity contribution in [1.82, 2.24) is 15.5 Å². The molecule has 1 fully saturated rings. The first-order valence-corrected chi connectivity index (χ1v) is 9.02. The van der Waals surface area contributed by atoms with Crippen LogP contribution in [0.25, 0.3) is 0 Å². The van der Waals surface area contributed by atoms with Crippen LogP contribution < -0.4 is 10.6 Å². The Morgan fingerprint density at radius 2 is 2.08 bits per heavy atom. The Morgan fingerprint density at radius 1 is 1.29 bits per heavy atom. The molecule has 2 rings (SSSR count). The minimum absolute atomic E-state index is 0.161. The molecule has 1 saturated heterocycles. The third-order valence-corrected chi connectivity index (χ3v) is 4.63. The number of carbonyl (C=O) groups excluding carboxylic acids is 2. The number of nitrogens with zero attached hydrogens (tertiary/aromatic N) is 1. The first kappa shape index (κ1) is 18.6. The fourth-order valence-corrected chi connectivity index (χ4v) is 3.20. The molecule has 1 atom stereocenters. The molecule has 1 aromatic rings. The van der Waals surface area contributed by atoms with Crippen LogP contribution in [0.1, 0.15) is 50.6 Å². The van der Waals surface area contributed by atoms with Crippen molar-refractivity contribution in [1.29, 1.82) is 0 Å². The number of benzene rings is 1. The number of carbonyl (C=O) groups is 2. The van der Waals surface area contributed by atoms with Crippen molar-refractivity contribution in [2.24, 2.45) is 0 Å². The predicted octanol–water partition coefficient (Wildman–Crippen LogP) is 3.49. The molecule has 5 nitrogen and oxygen atoms in total. The van der Waals surface area contributed by atoms with Gasteiger partial charge in [0, 0.05) is 31.1 Å². The molecule has 0 aromatic heterocycles. The van der Waals surface area contributed by atoms with Gasteiger partial charge in [-0.1, -0.05) is 36.2 Å². The molecule has 0 saturated carbocycles. The second-order valence-electron chi connectivity index (χ2n) is 6.19. The first-order valence-electron chi connectivity index (χ1n) is 8.64. The quantitative estimate of drug-likeness (QED) is 0.770. The standard InChI is InChI=1S/C18H26ClN3O2/c1-14(15-8-4-5-9-16(15)19)21-18(24)20-11-7-13-22-12-6-2-3-10-17(22)23/h4-5,8-9,14H,2-3,6-7,10-13H2,1H3,(H2,20,21,24). The average Bonchev–Trinajstić information content (AvgIpc) is 2.76. The van der Waals surface area contributed by atoms with Crippen LogP contribution in [0.2, 0.25) is 5.02 Å². The van der Waals surface area contributed by atoms with E-state index in [2.05, 4.69) is 10.6 Å². The summed E-state index contributed by atoms with van der Waals surface area (Å²) in [6, 6.07) is 7.09. The van der Waals surface area contributed by atoms with Crippen LogP contribution in [0, 0.1) is 0 Å². The highest BCUT2D eigenvalue weighted by molar-refractivity contribution is 6.31. The SMILES string of the molecule is CC(NC(=O)NCCCN1CCCCCC1=O)c1ccccc1Cl. The lowest BCUT2D eigenvalue weighted by Gasteiger charge is -2.21. The van der Waals surface area contributed by atoms with E-state index in [1.807, 2.05) is 36.1 Å². The first-order chi connectivity index (χ1) is 11.6. The molecule has 1 aliphatic rings. The maximum atomic E-state index is 12.0. The molecule has 3 amide bonds. The minimum Gasteiger partial charge on any atom is -0.343 e. The fraction of sp³-hybridized carbons (Fsp3) is 0.556. The van der Waals surface area contributed by atoms with Crippen LogP contribution in [-0.2, 0) is 4.79 Å². The normalized spacial score (nSPS) is 16.4. The van der Waals surface area contributed by atoms with E-state index in [1.165, 1.54) is 0 Å². The van der Waals surface area contributed by atoms with Crippen molar-refractivity contribution in [3.05, 3.63) is 34.9 Å². The molecule has 0 aliphatic carbocycles. The van der Waals surface area contributed by atoms with Crippen molar-refractivity contribution in [3.63, 3.8) is 0 Å². The van der Waals surface area contributed by atoms with Gasteiger partial charge in [-0.05, 0) is 37.8 Å². The molecule has 24 heavy (non-hydrogen) atoms. The topological polar surface area (TPSA) is 61.4 Å². The molecule has 1 aliphatic heterocycles. The summed E-state index contributed by atoms with van der Waals surface area (Å²) in [5.41, 5.74) is 0.893. The fourth-order valence-electron chi connectivity index (χ4n) is 2.90. The monoisotopic (exact) mass is 351 g/mol. The molecule has 0 spiro atoms.